The Morgan fingerprint density at radius 2 is 2.29 bits per heavy atom. The molecule has 0 saturated carbocycles. The van der Waals surface area contributed by atoms with Gasteiger partial charge in [0.25, 0.3) is 5.56 Å². The number of likely N-dealkylation sites (N-methyl/N-ethyl adjacent to an activating group) is 1. The van der Waals surface area contributed by atoms with Gasteiger partial charge in [-0.1, -0.05) is 6.07 Å². The lowest BCUT2D eigenvalue weighted by atomic mass is 10.1. The minimum absolute atomic E-state index is 0.0147. The van der Waals surface area contributed by atoms with Crippen LogP contribution in [-0.2, 0) is 13.5 Å². The van der Waals surface area contributed by atoms with Crippen molar-refractivity contribution in [1.82, 2.24) is 20.1 Å². The zero-order chi connectivity index (χ0) is 12.3. The normalized spacial score (nSPS) is 10.7. The minimum Gasteiger partial charge on any atom is -0.319 e. The quantitative estimate of drug-likeness (QED) is 0.808. The van der Waals surface area contributed by atoms with E-state index in [0.29, 0.717) is 6.42 Å². The second-order valence-corrected chi connectivity index (χ2v) is 3.90. The molecule has 0 unspecified atom stereocenters. The fourth-order valence-electron chi connectivity index (χ4n) is 1.80. The van der Waals surface area contributed by atoms with Crippen LogP contribution in [0, 0.1) is 0 Å². The molecule has 0 aromatic carbocycles. The van der Waals surface area contributed by atoms with Gasteiger partial charge in [-0.25, -0.2) is 0 Å². The summed E-state index contributed by atoms with van der Waals surface area (Å²) in [6.45, 7) is 0.771. The van der Waals surface area contributed by atoms with Gasteiger partial charge in [-0.3, -0.25) is 19.6 Å². The lowest BCUT2D eigenvalue weighted by Crippen LogP contribution is -2.19. The first kappa shape index (κ1) is 11.6. The summed E-state index contributed by atoms with van der Waals surface area (Å²) in [6, 6.07) is 5.67. The van der Waals surface area contributed by atoms with Crippen molar-refractivity contribution in [2.75, 3.05) is 13.6 Å². The highest BCUT2D eigenvalue weighted by Crippen LogP contribution is 2.16. The minimum atomic E-state index is 0.0147. The summed E-state index contributed by atoms with van der Waals surface area (Å²) < 4.78 is 1.50. The number of aromatic nitrogens is 3. The molecule has 0 radical (unpaired) electrons. The van der Waals surface area contributed by atoms with Gasteiger partial charge in [0.05, 0.1) is 11.4 Å². The second kappa shape index (κ2) is 4.97. The van der Waals surface area contributed by atoms with Crippen LogP contribution in [0.5, 0.6) is 0 Å². The van der Waals surface area contributed by atoms with Gasteiger partial charge in [0.2, 0.25) is 0 Å². The summed E-state index contributed by atoms with van der Waals surface area (Å²) in [5.41, 5.74) is 2.41. The Kier molecular flexibility index (Phi) is 3.39. The first-order valence-electron chi connectivity index (χ1n) is 5.58. The third kappa shape index (κ3) is 2.29. The van der Waals surface area contributed by atoms with E-state index in [4.69, 9.17) is 0 Å². The summed E-state index contributed by atoms with van der Waals surface area (Å²) in [7, 11) is 3.59. The number of nitrogens with zero attached hydrogens (tertiary/aromatic N) is 2. The number of nitrogens with one attached hydrogen (secondary N) is 2. The van der Waals surface area contributed by atoms with Crippen molar-refractivity contribution in [2.45, 2.75) is 6.42 Å². The maximum Gasteiger partial charge on any atom is 0.270 e. The molecular formula is C12H16N4O. The van der Waals surface area contributed by atoms with Crippen molar-refractivity contribution in [3.63, 3.8) is 0 Å². The number of aryl methyl sites for hydroxylation is 1. The molecule has 2 aromatic rings. The fraction of sp³-hybridized carbons (Fsp3) is 0.333. The standard InChI is InChI=1S/C12H16N4O/c1-13-8-6-9-11(15-16(2)12(9)17)10-5-3-4-7-14-10/h3-5,7,13,15H,6,8H2,1-2H3. The topological polar surface area (TPSA) is 62.7 Å². The van der Waals surface area contributed by atoms with E-state index in [-0.39, 0.29) is 5.56 Å². The molecule has 2 heterocycles. The van der Waals surface area contributed by atoms with Crippen molar-refractivity contribution < 1.29 is 0 Å². The molecule has 17 heavy (non-hydrogen) atoms. The summed E-state index contributed by atoms with van der Waals surface area (Å²) >= 11 is 0. The number of pyridine rings is 1. The van der Waals surface area contributed by atoms with Gasteiger partial charge in [0.1, 0.15) is 0 Å². The van der Waals surface area contributed by atoms with Crippen LogP contribution in [0.25, 0.3) is 11.4 Å². The fourth-order valence-corrected chi connectivity index (χ4v) is 1.80. The molecule has 0 fully saturated rings. The smallest absolute Gasteiger partial charge is 0.270 e. The number of aromatic amines is 1. The Hall–Kier alpha value is -1.88. The predicted molar refractivity (Wildman–Crippen MR) is 66.9 cm³/mol. The van der Waals surface area contributed by atoms with E-state index in [2.05, 4.69) is 15.4 Å². The second-order valence-electron chi connectivity index (χ2n) is 3.90. The van der Waals surface area contributed by atoms with Crippen molar-refractivity contribution in [3.8, 4) is 11.4 Å². The summed E-state index contributed by atoms with van der Waals surface area (Å²) in [6.07, 6.45) is 2.42. The van der Waals surface area contributed by atoms with Crippen molar-refractivity contribution >= 4 is 0 Å². The zero-order valence-electron chi connectivity index (χ0n) is 10.0. The molecule has 2 rings (SSSR count). The van der Waals surface area contributed by atoms with Gasteiger partial charge in [-0.05, 0) is 32.1 Å². The number of H-pyrrole nitrogens is 1. The summed E-state index contributed by atoms with van der Waals surface area (Å²) in [5.74, 6) is 0. The molecule has 90 valence electrons. The Bertz CT molecular complexity index is 541. The van der Waals surface area contributed by atoms with E-state index in [1.165, 1.54) is 4.68 Å². The average molecular weight is 232 g/mol. The Morgan fingerprint density at radius 1 is 1.47 bits per heavy atom. The molecule has 0 aliphatic heterocycles. The summed E-state index contributed by atoms with van der Waals surface area (Å²) in [5, 5.41) is 6.10. The monoisotopic (exact) mass is 232 g/mol. The predicted octanol–water partition coefficient (Wildman–Crippen LogP) is 0.537. The largest absolute Gasteiger partial charge is 0.319 e. The summed E-state index contributed by atoms with van der Waals surface area (Å²) in [4.78, 5) is 16.2. The van der Waals surface area contributed by atoms with Gasteiger partial charge in [0, 0.05) is 18.8 Å². The van der Waals surface area contributed by atoms with E-state index < -0.39 is 0 Å². The van der Waals surface area contributed by atoms with Crippen LogP contribution < -0.4 is 10.9 Å². The van der Waals surface area contributed by atoms with Gasteiger partial charge in [-0.2, -0.15) is 0 Å². The van der Waals surface area contributed by atoms with Crippen LogP contribution >= 0.6 is 0 Å². The number of rotatable bonds is 4. The van der Waals surface area contributed by atoms with Crippen LogP contribution in [0.2, 0.25) is 0 Å². The molecule has 0 saturated heterocycles. The Labute approximate surface area is 99.5 Å². The Morgan fingerprint density at radius 3 is 2.94 bits per heavy atom. The van der Waals surface area contributed by atoms with E-state index in [0.717, 1.165) is 23.5 Å². The lowest BCUT2D eigenvalue weighted by Gasteiger charge is -2.01. The molecule has 0 amide bonds. The van der Waals surface area contributed by atoms with Crippen molar-refractivity contribution in [2.24, 2.45) is 7.05 Å². The molecule has 0 atom stereocenters. The average Bonchev–Trinajstić information content (AvgIpc) is 2.65. The number of hydrogen-bond donors (Lipinski definition) is 2. The maximum atomic E-state index is 11.9. The van der Waals surface area contributed by atoms with E-state index in [1.807, 2.05) is 25.2 Å². The highest BCUT2D eigenvalue weighted by Gasteiger charge is 2.13. The SMILES string of the molecule is CNCCc1c(-c2ccccn2)[nH]n(C)c1=O. The van der Waals surface area contributed by atoms with Gasteiger partial charge >= 0.3 is 0 Å². The zero-order valence-corrected chi connectivity index (χ0v) is 10.0. The van der Waals surface area contributed by atoms with Gasteiger partial charge in [0.15, 0.2) is 0 Å². The van der Waals surface area contributed by atoms with Crippen LogP contribution in [0.1, 0.15) is 5.56 Å². The first-order chi connectivity index (χ1) is 8.24. The van der Waals surface area contributed by atoms with Crippen molar-refractivity contribution in [3.05, 3.63) is 40.3 Å². The number of hydrogen-bond acceptors (Lipinski definition) is 3. The molecule has 0 spiro atoms. The Balaban J connectivity index is 2.47. The molecule has 2 aromatic heterocycles. The van der Waals surface area contributed by atoms with Crippen LogP contribution in [0.15, 0.2) is 29.2 Å². The third-order valence-corrected chi connectivity index (χ3v) is 2.69. The molecule has 0 aliphatic carbocycles. The van der Waals surface area contributed by atoms with E-state index in [9.17, 15) is 4.79 Å². The highest BCUT2D eigenvalue weighted by atomic mass is 16.1. The van der Waals surface area contributed by atoms with Crippen LogP contribution in [0.3, 0.4) is 0 Å². The molecule has 5 heteroatoms. The molecule has 5 nitrogen and oxygen atoms in total. The third-order valence-electron chi connectivity index (χ3n) is 2.69. The van der Waals surface area contributed by atoms with Gasteiger partial charge < -0.3 is 5.32 Å². The molecule has 2 N–H and O–H groups in total. The first-order valence-corrected chi connectivity index (χ1v) is 5.58. The van der Waals surface area contributed by atoms with Crippen molar-refractivity contribution in [1.29, 1.82) is 0 Å². The molecule has 0 bridgehead atoms. The lowest BCUT2D eigenvalue weighted by molar-refractivity contribution is 0.734. The molecule has 0 aliphatic rings. The maximum absolute atomic E-state index is 11.9. The van der Waals surface area contributed by atoms with Crippen LogP contribution in [-0.4, -0.2) is 28.4 Å². The van der Waals surface area contributed by atoms with E-state index >= 15 is 0 Å². The van der Waals surface area contributed by atoms with Crippen LogP contribution in [0.4, 0.5) is 0 Å². The highest BCUT2D eigenvalue weighted by molar-refractivity contribution is 5.58. The van der Waals surface area contributed by atoms with Gasteiger partial charge in [-0.15, -0.1) is 0 Å². The van der Waals surface area contributed by atoms with E-state index in [1.54, 1.807) is 13.2 Å². The molecular weight excluding hydrogens is 216 g/mol.